The molecule has 0 aliphatic rings. The third-order valence-corrected chi connectivity index (χ3v) is 4.73. The van der Waals surface area contributed by atoms with Crippen LogP contribution in [0.5, 0.6) is 0 Å². The van der Waals surface area contributed by atoms with Crippen molar-refractivity contribution in [2.75, 3.05) is 11.5 Å². The van der Waals surface area contributed by atoms with E-state index in [1.54, 1.807) is 0 Å². The number of unbranched alkanes of at least 4 members (excludes halogenated alkanes) is 6. The molecule has 108 valence electrons. The topological polar surface area (TPSA) is 71.4 Å². The second-order valence-corrected chi connectivity index (χ2v) is 7.07. The van der Waals surface area contributed by atoms with E-state index < -0.39 is 15.8 Å². The molecule has 18 heavy (non-hydrogen) atoms. The molecule has 0 saturated carbocycles. The second-order valence-electron chi connectivity index (χ2n) is 4.77. The predicted octanol–water partition coefficient (Wildman–Crippen LogP) is 3.02. The lowest BCUT2D eigenvalue weighted by atomic mass is 10.1. The van der Waals surface area contributed by atoms with Crippen molar-refractivity contribution in [2.45, 2.75) is 64.7 Å². The molecule has 4 nitrogen and oxygen atoms in total. The van der Waals surface area contributed by atoms with Crippen molar-refractivity contribution < 1.29 is 18.3 Å². The van der Waals surface area contributed by atoms with Crippen molar-refractivity contribution in [3.05, 3.63) is 0 Å². The smallest absolute Gasteiger partial charge is 0.303 e. The summed E-state index contributed by atoms with van der Waals surface area (Å²) in [7, 11) is -3.04. The number of carboxylic acid groups (broad SMARTS) is 1. The fourth-order valence-electron chi connectivity index (χ4n) is 1.82. The molecule has 0 aromatic heterocycles. The third-order valence-electron chi connectivity index (χ3n) is 2.90. The van der Waals surface area contributed by atoms with E-state index in [4.69, 9.17) is 5.11 Å². The average Bonchev–Trinajstić information content (AvgIpc) is 2.27. The SMILES string of the molecule is CCCCCCCCCS(=O)(=O)CCCC(=O)O. The predicted molar refractivity (Wildman–Crippen MR) is 73.5 cm³/mol. The molecule has 0 saturated heterocycles. The van der Waals surface area contributed by atoms with E-state index in [0.717, 1.165) is 12.8 Å². The summed E-state index contributed by atoms with van der Waals surface area (Å²) in [5, 5.41) is 8.43. The van der Waals surface area contributed by atoms with E-state index >= 15 is 0 Å². The minimum Gasteiger partial charge on any atom is -0.481 e. The van der Waals surface area contributed by atoms with Gasteiger partial charge in [0.15, 0.2) is 0 Å². The molecule has 0 aromatic rings. The molecule has 0 aliphatic carbocycles. The first kappa shape index (κ1) is 17.4. The van der Waals surface area contributed by atoms with Crippen LogP contribution >= 0.6 is 0 Å². The number of sulfone groups is 1. The Balaban J connectivity index is 3.49. The van der Waals surface area contributed by atoms with Crippen molar-refractivity contribution in [3.8, 4) is 0 Å². The Hall–Kier alpha value is -0.580. The lowest BCUT2D eigenvalue weighted by Gasteiger charge is -2.03. The van der Waals surface area contributed by atoms with Crippen LogP contribution in [0.3, 0.4) is 0 Å². The first-order valence-corrected chi connectivity index (χ1v) is 8.72. The number of carbonyl (C=O) groups is 1. The summed E-state index contributed by atoms with van der Waals surface area (Å²) in [6, 6.07) is 0. The third kappa shape index (κ3) is 11.9. The molecule has 0 bridgehead atoms. The highest BCUT2D eigenvalue weighted by Crippen LogP contribution is 2.08. The Kier molecular flexibility index (Phi) is 10.0. The number of hydrogen-bond acceptors (Lipinski definition) is 3. The molecular formula is C13H26O4S. The summed E-state index contributed by atoms with van der Waals surface area (Å²) < 4.78 is 23.1. The van der Waals surface area contributed by atoms with Crippen LogP contribution in [-0.4, -0.2) is 31.0 Å². The zero-order valence-electron chi connectivity index (χ0n) is 11.4. The van der Waals surface area contributed by atoms with Crippen molar-refractivity contribution >= 4 is 15.8 Å². The minimum absolute atomic E-state index is 0.00906. The fourth-order valence-corrected chi connectivity index (χ4v) is 3.26. The van der Waals surface area contributed by atoms with E-state index in [-0.39, 0.29) is 24.3 Å². The number of hydrogen-bond donors (Lipinski definition) is 1. The number of aliphatic carboxylic acids is 1. The zero-order chi connectivity index (χ0) is 13.9. The van der Waals surface area contributed by atoms with Crippen LogP contribution in [0.15, 0.2) is 0 Å². The van der Waals surface area contributed by atoms with Gasteiger partial charge in [0.25, 0.3) is 0 Å². The van der Waals surface area contributed by atoms with Crippen molar-refractivity contribution in [1.29, 1.82) is 0 Å². The summed E-state index contributed by atoms with van der Waals surface area (Å²) in [6.07, 6.45) is 7.85. The van der Waals surface area contributed by atoms with Gasteiger partial charge in [0, 0.05) is 6.42 Å². The standard InChI is InChI=1S/C13H26O4S/c1-2-3-4-5-6-7-8-11-18(16,17)12-9-10-13(14)15/h2-12H2,1H3,(H,14,15). The molecule has 0 spiro atoms. The van der Waals surface area contributed by atoms with E-state index in [1.807, 2.05) is 0 Å². The molecule has 0 radical (unpaired) electrons. The molecular weight excluding hydrogens is 252 g/mol. The molecule has 0 heterocycles. The maximum Gasteiger partial charge on any atom is 0.303 e. The normalized spacial score (nSPS) is 11.6. The van der Waals surface area contributed by atoms with Crippen molar-refractivity contribution in [3.63, 3.8) is 0 Å². The van der Waals surface area contributed by atoms with Crippen LogP contribution in [0.2, 0.25) is 0 Å². The van der Waals surface area contributed by atoms with Gasteiger partial charge in [-0.15, -0.1) is 0 Å². The Labute approximate surface area is 111 Å². The molecule has 0 rings (SSSR count). The van der Waals surface area contributed by atoms with Gasteiger partial charge in [0.05, 0.1) is 11.5 Å². The molecule has 0 aliphatic heterocycles. The van der Waals surface area contributed by atoms with Gasteiger partial charge in [-0.1, -0.05) is 45.4 Å². The fraction of sp³-hybridized carbons (Fsp3) is 0.923. The molecule has 1 N–H and O–H groups in total. The van der Waals surface area contributed by atoms with E-state index in [0.29, 0.717) is 6.42 Å². The Morgan fingerprint density at radius 1 is 0.889 bits per heavy atom. The molecule has 0 amide bonds. The molecule has 0 aromatic carbocycles. The maximum absolute atomic E-state index is 11.6. The highest BCUT2D eigenvalue weighted by molar-refractivity contribution is 7.91. The van der Waals surface area contributed by atoms with Crippen LogP contribution in [0, 0.1) is 0 Å². The summed E-state index contributed by atoms with van der Waals surface area (Å²) in [5.41, 5.74) is 0. The first-order chi connectivity index (χ1) is 8.48. The van der Waals surface area contributed by atoms with Gasteiger partial charge in [-0.3, -0.25) is 4.79 Å². The lowest BCUT2D eigenvalue weighted by Crippen LogP contribution is -2.12. The van der Waals surface area contributed by atoms with Gasteiger partial charge in [0.2, 0.25) is 0 Å². The zero-order valence-corrected chi connectivity index (χ0v) is 12.2. The van der Waals surface area contributed by atoms with Crippen LogP contribution in [-0.2, 0) is 14.6 Å². The minimum atomic E-state index is -3.04. The quantitative estimate of drug-likeness (QED) is 0.557. The Bertz CT molecular complexity index is 309. The highest BCUT2D eigenvalue weighted by Gasteiger charge is 2.11. The van der Waals surface area contributed by atoms with Gasteiger partial charge < -0.3 is 5.11 Å². The monoisotopic (exact) mass is 278 g/mol. The number of rotatable bonds is 12. The average molecular weight is 278 g/mol. The van der Waals surface area contributed by atoms with Crippen LogP contribution in [0.1, 0.15) is 64.7 Å². The van der Waals surface area contributed by atoms with Gasteiger partial charge in [-0.05, 0) is 12.8 Å². The van der Waals surface area contributed by atoms with Gasteiger partial charge in [0.1, 0.15) is 9.84 Å². The molecule has 0 unspecified atom stereocenters. The largest absolute Gasteiger partial charge is 0.481 e. The summed E-state index contributed by atoms with van der Waals surface area (Å²) in [5.74, 6) is -0.712. The lowest BCUT2D eigenvalue weighted by molar-refractivity contribution is -0.137. The van der Waals surface area contributed by atoms with E-state index in [1.165, 1.54) is 25.7 Å². The first-order valence-electron chi connectivity index (χ1n) is 6.90. The highest BCUT2D eigenvalue weighted by atomic mass is 32.2. The molecule has 0 fully saturated rings. The van der Waals surface area contributed by atoms with Crippen molar-refractivity contribution in [2.24, 2.45) is 0 Å². The van der Waals surface area contributed by atoms with Gasteiger partial charge >= 0.3 is 5.97 Å². The second kappa shape index (κ2) is 10.4. The van der Waals surface area contributed by atoms with E-state index in [9.17, 15) is 13.2 Å². The van der Waals surface area contributed by atoms with Crippen LogP contribution < -0.4 is 0 Å². The van der Waals surface area contributed by atoms with Crippen molar-refractivity contribution in [1.82, 2.24) is 0 Å². The van der Waals surface area contributed by atoms with Gasteiger partial charge in [-0.25, -0.2) is 8.42 Å². The Morgan fingerprint density at radius 2 is 1.39 bits per heavy atom. The Morgan fingerprint density at radius 3 is 1.94 bits per heavy atom. The summed E-state index contributed by atoms with van der Waals surface area (Å²) in [4.78, 5) is 10.3. The maximum atomic E-state index is 11.6. The molecule has 5 heteroatoms. The van der Waals surface area contributed by atoms with E-state index in [2.05, 4.69) is 6.92 Å². The summed E-state index contributed by atoms with van der Waals surface area (Å²) in [6.45, 7) is 2.17. The van der Waals surface area contributed by atoms with Gasteiger partial charge in [-0.2, -0.15) is 0 Å². The molecule has 0 atom stereocenters. The summed E-state index contributed by atoms with van der Waals surface area (Å²) >= 11 is 0. The van der Waals surface area contributed by atoms with Crippen LogP contribution in [0.4, 0.5) is 0 Å². The number of carboxylic acids is 1. The van der Waals surface area contributed by atoms with Crippen LogP contribution in [0.25, 0.3) is 0 Å².